The molecule has 1 aliphatic rings. The van der Waals surface area contributed by atoms with Crippen LogP contribution in [0.1, 0.15) is 33.1 Å². The number of hydrogen-bond acceptors (Lipinski definition) is 4. The molecule has 2 unspecified atom stereocenters. The SMILES string of the molecule is CCOc1cccc(N2CCCCC2C(C)NC)n1. The summed E-state index contributed by atoms with van der Waals surface area (Å²) in [4.78, 5) is 7.05. The summed E-state index contributed by atoms with van der Waals surface area (Å²) >= 11 is 0. The topological polar surface area (TPSA) is 37.4 Å². The Balaban J connectivity index is 2.19. The monoisotopic (exact) mass is 263 g/mol. The molecule has 4 heteroatoms. The quantitative estimate of drug-likeness (QED) is 0.885. The van der Waals surface area contributed by atoms with Crippen LogP contribution in [0, 0.1) is 0 Å². The highest BCUT2D eigenvalue weighted by Crippen LogP contribution is 2.26. The van der Waals surface area contributed by atoms with Gasteiger partial charge in [-0.25, -0.2) is 0 Å². The number of likely N-dealkylation sites (N-methyl/N-ethyl adjacent to an activating group) is 1. The van der Waals surface area contributed by atoms with Crippen molar-refractivity contribution < 1.29 is 4.74 Å². The van der Waals surface area contributed by atoms with Crippen molar-refractivity contribution in [1.29, 1.82) is 0 Å². The van der Waals surface area contributed by atoms with Crippen LogP contribution < -0.4 is 15.0 Å². The molecule has 0 radical (unpaired) electrons. The molecule has 106 valence electrons. The lowest BCUT2D eigenvalue weighted by molar-refractivity contribution is 0.325. The molecule has 0 bridgehead atoms. The van der Waals surface area contributed by atoms with Crippen LogP contribution in [-0.2, 0) is 0 Å². The minimum Gasteiger partial charge on any atom is -0.478 e. The predicted molar refractivity (Wildman–Crippen MR) is 78.9 cm³/mol. The molecular formula is C15H25N3O. The fourth-order valence-corrected chi connectivity index (χ4v) is 2.75. The average molecular weight is 263 g/mol. The smallest absolute Gasteiger partial charge is 0.215 e. The average Bonchev–Trinajstić information content (AvgIpc) is 2.47. The molecule has 1 saturated heterocycles. The normalized spacial score (nSPS) is 21.2. The van der Waals surface area contributed by atoms with E-state index in [1.54, 1.807) is 0 Å². The highest BCUT2D eigenvalue weighted by atomic mass is 16.5. The van der Waals surface area contributed by atoms with Crippen molar-refractivity contribution in [2.24, 2.45) is 0 Å². The summed E-state index contributed by atoms with van der Waals surface area (Å²) in [6, 6.07) is 7.03. The van der Waals surface area contributed by atoms with Crippen molar-refractivity contribution in [3.05, 3.63) is 18.2 Å². The maximum Gasteiger partial charge on any atom is 0.215 e. The van der Waals surface area contributed by atoms with Crippen LogP contribution in [-0.4, -0.2) is 37.3 Å². The van der Waals surface area contributed by atoms with Crippen molar-refractivity contribution in [2.45, 2.75) is 45.2 Å². The number of rotatable bonds is 5. The molecule has 2 atom stereocenters. The van der Waals surface area contributed by atoms with Gasteiger partial charge in [-0.15, -0.1) is 0 Å². The van der Waals surface area contributed by atoms with Gasteiger partial charge in [-0.05, 0) is 46.2 Å². The van der Waals surface area contributed by atoms with Gasteiger partial charge in [0.25, 0.3) is 0 Å². The van der Waals surface area contributed by atoms with E-state index >= 15 is 0 Å². The number of pyridine rings is 1. The fraction of sp³-hybridized carbons (Fsp3) is 0.667. The molecule has 1 aliphatic heterocycles. The molecule has 1 aromatic heterocycles. The van der Waals surface area contributed by atoms with Crippen molar-refractivity contribution in [3.63, 3.8) is 0 Å². The van der Waals surface area contributed by atoms with Crippen LogP contribution in [0.2, 0.25) is 0 Å². The summed E-state index contributed by atoms with van der Waals surface area (Å²) in [5, 5.41) is 3.37. The molecule has 0 aliphatic carbocycles. The first kappa shape index (κ1) is 14.1. The van der Waals surface area contributed by atoms with E-state index < -0.39 is 0 Å². The van der Waals surface area contributed by atoms with Gasteiger partial charge < -0.3 is 15.0 Å². The van der Waals surface area contributed by atoms with E-state index in [2.05, 4.69) is 28.2 Å². The van der Waals surface area contributed by atoms with Gasteiger partial charge >= 0.3 is 0 Å². The van der Waals surface area contributed by atoms with Crippen molar-refractivity contribution >= 4 is 5.82 Å². The summed E-state index contributed by atoms with van der Waals surface area (Å²) < 4.78 is 5.51. The molecular weight excluding hydrogens is 238 g/mol. The molecule has 2 rings (SSSR count). The molecule has 19 heavy (non-hydrogen) atoms. The minimum absolute atomic E-state index is 0.470. The van der Waals surface area contributed by atoms with Crippen molar-refractivity contribution in [2.75, 3.05) is 25.1 Å². The second-order valence-corrected chi connectivity index (χ2v) is 5.10. The van der Waals surface area contributed by atoms with Crippen LogP contribution in [0.25, 0.3) is 0 Å². The largest absolute Gasteiger partial charge is 0.478 e. The second-order valence-electron chi connectivity index (χ2n) is 5.10. The van der Waals surface area contributed by atoms with Gasteiger partial charge in [0.1, 0.15) is 5.82 Å². The number of piperidine rings is 1. The van der Waals surface area contributed by atoms with Gasteiger partial charge in [-0.1, -0.05) is 6.07 Å². The standard InChI is InChI=1S/C15H25N3O/c1-4-19-15-10-7-9-14(17-15)18-11-6-5-8-13(18)12(2)16-3/h7,9-10,12-13,16H,4-6,8,11H2,1-3H3. The lowest BCUT2D eigenvalue weighted by atomic mass is 9.96. The predicted octanol–water partition coefficient (Wildman–Crippen LogP) is 2.45. The fourth-order valence-electron chi connectivity index (χ4n) is 2.75. The van der Waals surface area contributed by atoms with Crippen LogP contribution >= 0.6 is 0 Å². The molecule has 0 saturated carbocycles. The minimum atomic E-state index is 0.470. The zero-order valence-electron chi connectivity index (χ0n) is 12.2. The van der Waals surface area contributed by atoms with Crippen LogP contribution in [0.15, 0.2) is 18.2 Å². The molecule has 0 spiro atoms. The van der Waals surface area contributed by atoms with E-state index in [0.29, 0.717) is 18.7 Å². The van der Waals surface area contributed by atoms with E-state index in [-0.39, 0.29) is 0 Å². The maximum atomic E-state index is 5.51. The number of nitrogens with zero attached hydrogens (tertiary/aromatic N) is 2. The molecule has 4 nitrogen and oxygen atoms in total. The van der Waals surface area contributed by atoms with Gasteiger partial charge in [0.2, 0.25) is 5.88 Å². The Kier molecular flexibility index (Phi) is 5.02. The first-order chi connectivity index (χ1) is 9.26. The zero-order chi connectivity index (χ0) is 13.7. The zero-order valence-corrected chi connectivity index (χ0v) is 12.2. The van der Waals surface area contributed by atoms with E-state index in [9.17, 15) is 0 Å². The number of hydrogen-bond donors (Lipinski definition) is 1. The highest BCUT2D eigenvalue weighted by molar-refractivity contribution is 5.43. The van der Waals surface area contributed by atoms with E-state index in [4.69, 9.17) is 4.74 Å². The number of aromatic nitrogens is 1. The van der Waals surface area contributed by atoms with Gasteiger partial charge in [-0.3, -0.25) is 0 Å². The summed E-state index contributed by atoms with van der Waals surface area (Å²) in [6.45, 7) is 5.97. The molecule has 0 amide bonds. The number of anilines is 1. The Labute approximate surface area is 116 Å². The Morgan fingerprint density at radius 3 is 3.05 bits per heavy atom. The van der Waals surface area contributed by atoms with E-state index in [0.717, 1.165) is 18.2 Å². The third-order valence-corrected chi connectivity index (χ3v) is 3.88. The van der Waals surface area contributed by atoms with Gasteiger partial charge in [0.05, 0.1) is 6.61 Å². The molecule has 1 aromatic rings. The Morgan fingerprint density at radius 1 is 1.47 bits per heavy atom. The number of ether oxygens (including phenoxy) is 1. The first-order valence-corrected chi connectivity index (χ1v) is 7.30. The van der Waals surface area contributed by atoms with Gasteiger partial charge in [-0.2, -0.15) is 4.98 Å². The Hall–Kier alpha value is -1.29. The van der Waals surface area contributed by atoms with Crippen LogP contribution in [0.3, 0.4) is 0 Å². The number of nitrogens with one attached hydrogen (secondary N) is 1. The first-order valence-electron chi connectivity index (χ1n) is 7.30. The van der Waals surface area contributed by atoms with Gasteiger partial charge in [0.15, 0.2) is 0 Å². The Morgan fingerprint density at radius 2 is 2.32 bits per heavy atom. The lowest BCUT2D eigenvalue weighted by Gasteiger charge is -2.40. The summed E-state index contributed by atoms with van der Waals surface area (Å²) in [6.07, 6.45) is 3.77. The van der Waals surface area contributed by atoms with Crippen molar-refractivity contribution in [3.8, 4) is 5.88 Å². The van der Waals surface area contributed by atoms with E-state index in [1.165, 1.54) is 19.3 Å². The third-order valence-electron chi connectivity index (χ3n) is 3.88. The maximum absolute atomic E-state index is 5.51. The van der Waals surface area contributed by atoms with Crippen LogP contribution in [0.4, 0.5) is 5.82 Å². The van der Waals surface area contributed by atoms with Gasteiger partial charge in [0, 0.05) is 24.7 Å². The van der Waals surface area contributed by atoms with Crippen LogP contribution in [0.5, 0.6) is 5.88 Å². The Bertz CT molecular complexity index is 397. The molecule has 1 N–H and O–H groups in total. The highest BCUT2D eigenvalue weighted by Gasteiger charge is 2.27. The third kappa shape index (κ3) is 3.38. The van der Waals surface area contributed by atoms with Crippen molar-refractivity contribution in [1.82, 2.24) is 10.3 Å². The second kappa shape index (κ2) is 6.75. The lowest BCUT2D eigenvalue weighted by Crippen LogP contribution is -2.50. The van der Waals surface area contributed by atoms with E-state index in [1.807, 2.05) is 26.1 Å². The summed E-state index contributed by atoms with van der Waals surface area (Å²) in [7, 11) is 2.03. The summed E-state index contributed by atoms with van der Waals surface area (Å²) in [5.74, 6) is 1.76. The molecule has 1 fully saturated rings. The molecule has 0 aromatic carbocycles. The summed E-state index contributed by atoms with van der Waals surface area (Å²) in [5.41, 5.74) is 0. The molecule has 2 heterocycles.